The smallest absolute Gasteiger partial charge is 0.00726 e. The van der Waals surface area contributed by atoms with Gasteiger partial charge in [-0.15, -0.1) is 0 Å². The number of hydrogen-bond donors (Lipinski definition) is 1. The molecule has 0 unspecified atom stereocenters. The third-order valence-corrected chi connectivity index (χ3v) is 3.97. The lowest BCUT2D eigenvalue weighted by Gasteiger charge is -2.39. The fourth-order valence-electron chi connectivity index (χ4n) is 2.28. The molecule has 0 aromatic rings. The summed E-state index contributed by atoms with van der Waals surface area (Å²) in [4.78, 5) is 0. The lowest BCUT2D eigenvalue weighted by atomic mass is 9.73. The van der Waals surface area contributed by atoms with Crippen molar-refractivity contribution in [3.8, 4) is 0 Å². The number of hydrogen-bond acceptors (Lipinski definition) is 1. The van der Waals surface area contributed by atoms with E-state index in [1.165, 1.54) is 32.2 Å². The molecule has 0 aromatic carbocycles. The van der Waals surface area contributed by atoms with Gasteiger partial charge in [-0.1, -0.05) is 40.5 Å². The monoisotopic (exact) mass is 197 g/mol. The van der Waals surface area contributed by atoms with E-state index in [2.05, 4.69) is 33.0 Å². The fraction of sp³-hybridized carbons (Fsp3) is 1.00. The van der Waals surface area contributed by atoms with Crippen molar-refractivity contribution in [1.29, 1.82) is 0 Å². The fourth-order valence-corrected chi connectivity index (χ4v) is 2.28. The van der Waals surface area contributed by atoms with Crippen molar-refractivity contribution in [2.24, 2.45) is 17.8 Å². The van der Waals surface area contributed by atoms with Crippen molar-refractivity contribution in [3.05, 3.63) is 0 Å². The van der Waals surface area contributed by atoms with Gasteiger partial charge in [0.05, 0.1) is 0 Å². The van der Waals surface area contributed by atoms with Crippen LogP contribution in [0.4, 0.5) is 0 Å². The molecule has 0 amide bonds. The van der Waals surface area contributed by atoms with Crippen molar-refractivity contribution < 1.29 is 0 Å². The third kappa shape index (κ3) is 3.27. The summed E-state index contributed by atoms with van der Waals surface area (Å²) in [6, 6.07) is 0.836. The molecule has 0 radical (unpaired) electrons. The van der Waals surface area contributed by atoms with Gasteiger partial charge < -0.3 is 5.32 Å². The first-order valence-electron chi connectivity index (χ1n) is 6.40. The van der Waals surface area contributed by atoms with Gasteiger partial charge in [0.2, 0.25) is 0 Å². The SMILES string of the molecule is CCC(CC)CNC1CC(C(C)C)C1. The molecule has 1 fully saturated rings. The molecule has 0 spiro atoms. The maximum absolute atomic E-state index is 3.71. The van der Waals surface area contributed by atoms with Crippen molar-refractivity contribution in [1.82, 2.24) is 5.32 Å². The van der Waals surface area contributed by atoms with Gasteiger partial charge in [-0.05, 0) is 37.1 Å². The molecule has 84 valence electrons. The van der Waals surface area contributed by atoms with Gasteiger partial charge in [-0.2, -0.15) is 0 Å². The van der Waals surface area contributed by atoms with Crippen molar-refractivity contribution >= 4 is 0 Å². The molecule has 1 N–H and O–H groups in total. The van der Waals surface area contributed by atoms with E-state index in [4.69, 9.17) is 0 Å². The van der Waals surface area contributed by atoms with E-state index in [0.717, 1.165) is 23.8 Å². The molecule has 0 heterocycles. The molecule has 1 heteroatoms. The molecule has 1 nitrogen and oxygen atoms in total. The highest BCUT2D eigenvalue weighted by atomic mass is 14.9. The van der Waals surface area contributed by atoms with Crippen LogP contribution in [0, 0.1) is 17.8 Å². The van der Waals surface area contributed by atoms with E-state index in [1.807, 2.05) is 0 Å². The molecule has 0 bridgehead atoms. The van der Waals surface area contributed by atoms with Crippen molar-refractivity contribution in [3.63, 3.8) is 0 Å². The summed E-state index contributed by atoms with van der Waals surface area (Å²) in [5.74, 6) is 2.78. The van der Waals surface area contributed by atoms with Crippen LogP contribution < -0.4 is 5.32 Å². The highest BCUT2D eigenvalue weighted by molar-refractivity contribution is 4.86. The lowest BCUT2D eigenvalue weighted by Crippen LogP contribution is -2.44. The summed E-state index contributed by atoms with van der Waals surface area (Å²) < 4.78 is 0. The quantitative estimate of drug-likeness (QED) is 0.688. The van der Waals surface area contributed by atoms with Crippen LogP contribution in [-0.4, -0.2) is 12.6 Å². The molecule has 0 saturated heterocycles. The van der Waals surface area contributed by atoms with E-state index in [0.29, 0.717) is 0 Å². The first-order valence-corrected chi connectivity index (χ1v) is 6.40. The average Bonchev–Trinajstić information content (AvgIpc) is 2.08. The largest absolute Gasteiger partial charge is 0.314 e. The molecule has 14 heavy (non-hydrogen) atoms. The standard InChI is InChI=1S/C13H27N/c1-5-11(6-2)9-14-13-7-12(8-13)10(3)4/h10-14H,5-9H2,1-4H3. The predicted molar refractivity (Wildman–Crippen MR) is 63.4 cm³/mol. The zero-order valence-corrected chi connectivity index (χ0v) is 10.3. The molecule has 0 aromatic heterocycles. The van der Waals surface area contributed by atoms with Gasteiger partial charge in [-0.25, -0.2) is 0 Å². The van der Waals surface area contributed by atoms with E-state index in [1.54, 1.807) is 0 Å². The molecular weight excluding hydrogens is 170 g/mol. The minimum atomic E-state index is 0.836. The van der Waals surface area contributed by atoms with E-state index >= 15 is 0 Å². The zero-order valence-electron chi connectivity index (χ0n) is 10.3. The van der Waals surface area contributed by atoms with Crippen LogP contribution in [0.25, 0.3) is 0 Å². The van der Waals surface area contributed by atoms with Gasteiger partial charge in [0.25, 0.3) is 0 Å². The van der Waals surface area contributed by atoms with Crippen molar-refractivity contribution in [2.75, 3.05) is 6.54 Å². The Morgan fingerprint density at radius 3 is 2.14 bits per heavy atom. The summed E-state index contributed by atoms with van der Waals surface area (Å²) in [5, 5.41) is 3.71. The minimum absolute atomic E-state index is 0.836. The molecule has 1 rings (SSSR count). The Hall–Kier alpha value is -0.0400. The maximum Gasteiger partial charge on any atom is 0.00726 e. The first-order chi connectivity index (χ1) is 6.67. The summed E-state index contributed by atoms with van der Waals surface area (Å²) in [6.07, 6.45) is 5.48. The number of rotatable bonds is 6. The topological polar surface area (TPSA) is 12.0 Å². The van der Waals surface area contributed by atoms with Gasteiger partial charge in [0.1, 0.15) is 0 Å². The predicted octanol–water partition coefficient (Wildman–Crippen LogP) is 3.45. The minimum Gasteiger partial charge on any atom is -0.314 e. The molecule has 1 aliphatic rings. The van der Waals surface area contributed by atoms with Crippen LogP contribution >= 0.6 is 0 Å². The molecule has 1 aliphatic carbocycles. The second kappa shape index (κ2) is 5.75. The molecule has 1 saturated carbocycles. The van der Waals surface area contributed by atoms with E-state index < -0.39 is 0 Å². The zero-order chi connectivity index (χ0) is 10.6. The Morgan fingerprint density at radius 2 is 1.71 bits per heavy atom. The lowest BCUT2D eigenvalue weighted by molar-refractivity contribution is 0.163. The Bertz CT molecular complexity index is 143. The molecule has 0 aliphatic heterocycles. The Kier molecular flexibility index (Phi) is 4.94. The van der Waals surface area contributed by atoms with Crippen LogP contribution in [0.15, 0.2) is 0 Å². The second-order valence-corrected chi connectivity index (χ2v) is 5.26. The van der Waals surface area contributed by atoms with E-state index in [9.17, 15) is 0 Å². The van der Waals surface area contributed by atoms with Crippen LogP contribution in [0.3, 0.4) is 0 Å². The summed E-state index contributed by atoms with van der Waals surface area (Å²) >= 11 is 0. The average molecular weight is 197 g/mol. The van der Waals surface area contributed by atoms with Gasteiger partial charge >= 0.3 is 0 Å². The van der Waals surface area contributed by atoms with Crippen LogP contribution in [-0.2, 0) is 0 Å². The van der Waals surface area contributed by atoms with Crippen LogP contribution in [0.2, 0.25) is 0 Å². The Morgan fingerprint density at radius 1 is 1.14 bits per heavy atom. The highest BCUT2D eigenvalue weighted by Crippen LogP contribution is 2.33. The van der Waals surface area contributed by atoms with Crippen molar-refractivity contribution in [2.45, 2.75) is 59.4 Å². The molecule has 0 atom stereocenters. The van der Waals surface area contributed by atoms with Crippen LogP contribution in [0.5, 0.6) is 0 Å². The summed E-state index contributed by atoms with van der Waals surface area (Å²) in [6.45, 7) is 10.5. The third-order valence-electron chi connectivity index (χ3n) is 3.97. The number of nitrogens with one attached hydrogen (secondary N) is 1. The van der Waals surface area contributed by atoms with Crippen LogP contribution in [0.1, 0.15) is 53.4 Å². The first kappa shape index (κ1) is 12.0. The Labute approximate surface area is 89.7 Å². The highest BCUT2D eigenvalue weighted by Gasteiger charge is 2.30. The van der Waals surface area contributed by atoms with Gasteiger partial charge in [0, 0.05) is 6.04 Å². The summed E-state index contributed by atoms with van der Waals surface area (Å²) in [5.41, 5.74) is 0. The normalized spacial score (nSPS) is 27.0. The molecular formula is C13H27N. The second-order valence-electron chi connectivity index (χ2n) is 5.26. The van der Waals surface area contributed by atoms with Gasteiger partial charge in [0.15, 0.2) is 0 Å². The summed E-state index contributed by atoms with van der Waals surface area (Å²) in [7, 11) is 0. The van der Waals surface area contributed by atoms with E-state index in [-0.39, 0.29) is 0 Å². The maximum atomic E-state index is 3.71. The Balaban J connectivity index is 2.05. The van der Waals surface area contributed by atoms with Gasteiger partial charge in [-0.3, -0.25) is 0 Å².